The zero-order valence-corrected chi connectivity index (χ0v) is 22.7. The van der Waals surface area contributed by atoms with Gasteiger partial charge in [0.25, 0.3) is 5.91 Å². The van der Waals surface area contributed by atoms with Crippen molar-refractivity contribution in [3.63, 3.8) is 0 Å². The van der Waals surface area contributed by atoms with Crippen molar-refractivity contribution in [1.29, 1.82) is 0 Å². The maximum absolute atomic E-state index is 14.0. The first-order chi connectivity index (χ1) is 18.7. The molecule has 9 heteroatoms. The smallest absolute Gasteiger partial charge is 0.294 e. The third-order valence-electron chi connectivity index (χ3n) is 6.57. The highest BCUT2D eigenvalue weighted by Crippen LogP contribution is 2.44. The van der Waals surface area contributed by atoms with Gasteiger partial charge in [-0.25, -0.2) is 0 Å². The molecule has 39 heavy (non-hydrogen) atoms. The summed E-state index contributed by atoms with van der Waals surface area (Å²) < 4.78 is 16.9. The molecular formula is C30H27ClN2O6. The van der Waals surface area contributed by atoms with E-state index in [1.54, 1.807) is 48.5 Å². The number of hydrogen-bond donors (Lipinski definition) is 1. The Kier molecular flexibility index (Phi) is 6.97. The predicted molar refractivity (Wildman–Crippen MR) is 150 cm³/mol. The van der Waals surface area contributed by atoms with Gasteiger partial charge < -0.3 is 23.9 Å². The van der Waals surface area contributed by atoms with E-state index in [0.29, 0.717) is 45.3 Å². The lowest BCUT2D eigenvalue weighted by Crippen LogP contribution is -2.31. The van der Waals surface area contributed by atoms with Crippen LogP contribution in [0, 0.1) is 0 Å². The van der Waals surface area contributed by atoms with Crippen LogP contribution in [-0.4, -0.2) is 44.6 Å². The van der Waals surface area contributed by atoms with Crippen LogP contribution in [0.15, 0.2) is 82.5 Å². The number of methoxy groups -OCH3 is 1. The van der Waals surface area contributed by atoms with Gasteiger partial charge in [-0.15, -0.1) is 0 Å². The van der Waals surface area contributed by atoms with Crippen LogP contribution >= 0.6 is 11.6 Å². The van der Waals surface area contributed by atoms with Gasteiger partial charge in [0.1, 0.15) is 5.75 Å². The summed E-state index contributed by atoms with van der Waals surface area (Å²) in [6, 6.07) is 18.2. The Bertz CT molecular complexity index is 1610. The van der Waals surface area contributed by atoms with Gasteiger partial charge in [0.05, 0.1) is 25.3 Å². The predicted octanol–water partition coefficient (Wildman–Crippen LogP) is 6.34. The van der Waals surface area contributed by atoms with E-state index in [4.69, 9.17) is 25.5 Å². The molecule has 3 aromatic carbocycles. The summed E-state index contributed by atoms with van der Waals surface area (Å²) >= 11 is 6.20. The molecule has 0 saturated heterocycles. The van der Waals surface area contributed by atoms with Gasteiger partial charge in [-0.2, -0.15) is 0 Å². The number of carbonyl (C=O) groups is 2. The van der Waals surface area contributed by atoms with Crippen LogP contribution < -0.4 is 19.3 Å². The largest absolute Gasteiger partial charge is 0.503 e. The summed E-state index contributed by atoms with van der Waals surface area (Å²) in [5.74, 6) is -1.09. The summed E-state index contributed by atoms with van der Waals surface area (Å²) in [4.78, 5) is 30.9. The zero-order valence-electron chi connectivity index (χ0n) is 21.9. The molecule has 1 aromatic heterocycles. The van der Waals surface area contributed by atoms with Gasteiger partial charge in [-0.1, -0.05) is 23.7 Å². The molecule has 5 rings (SSSR count). The fraction of sp³-hybridized carbons (Fsp3) is 0.200. The fourth-order valence-corrected chi connectivity index (χ4v) is 4.97. The van der Waals surface area contributed by atoms with Crippen molar-refractivity contribution < 1.29 is 28.6 Å². The highest BCUT2D eigenvalue weighted by Gasteiger charge is 2.45. The Morgan fingerprint density at radius 2 is 1.85 bits per heavy atom. The number of aliphatic hydroxyl groups is 1. The second-order valence-corrected chi connectivity index (χ2v) is 9.66. The number of carbonyl (C=O) groups excluding carboxylic acids is 2. The summed E-state index contributed by atoms with van der Waals surface area (Å²) in [6.07, 6.45) is 0. The van der Waals surface area contributed by atoms with Gasteiger partial charge in [0, 0.05) is 41.9 Å². The number of furan rings is 1. The van der Waals surface area contributed by atoms with Gasteiger partial charge >= 0.3 is 0 Å². The molecule has 1 aliphatic heterocycles. The van der Waals surface area contributed by atoms with E-state index in [1.807, 2.05) is 38.1 Å². The minimum atomic E-state index is -0.936. The van der Waals surface area contributed by atoms with Crippen molar-refractivity contribution >= 4 is 45.6 Å². The van der Waals surface area contributed by atoms with Crippen LogP contribution in [0.25, 0.3) is 11.0 Å². The van der Waals surface area contributed by atoms with Crippen molar-refractivity contribution in [1.82, 2.24) is 0 Å². The highest BCUT2D eigenvalue weighted by molar-refractivity contribution is 6.31. The van der Waals surface area contributed by atoms with E-state index < -0.39 is 23.5 Å². The molecule has 0 saturated carbocycles. The Balaban J connectivity index is 1.65. The monoisotopic (exact) mass is 546 g/mol. The van der Waals surface area contributed by atoms with E-state index in [1.165, 1.54) is 18.1 Å². The third kappa shape index (κ3) is 4.68. The number of aliphatic hydroxyl groups excluding tert-OH is 1. The zero-order chi connectivity index (χ0) is 27.8. The molecule has 1 amide bonds. The minimum Gasteiger partial charge on any atom is -0.503 e. The van der Waals surface area contributed by atoms with Crippen LogP contribution in [0.4, 0.5) is 11.4 Å². The molecule has 0 fully saturated rings. The van der Waals surface area contributed by atoms with Crippen molar-refractivity contribution in [3.05, 3.63) is 94.4 Å². The molecular weight excluding hydrogens is 520 g/mol. The summed E-state index contributed by atoms with van der Waals surface area (Å²) in [5, 5.41) is 12.1. The lowest BCUT2D eigenvalue weighted by Gasteiger charge is -2.27. The number of benzene rings is 3. The second kappa shape index (κ2) is 10.4. The number of ether oxygens (including phenoxy) is 2. The highest BCUT2D eigenvalue weighted by atomic mass is 35.5. The maximum Gasteiger partial charge on any atom is 0.294 e. The van der Waals surface area contributed by atoms with Crippen LogP contribution in [0.5, 0.6) is 11.5 Å². The van der Waals surface area contributed by atoms with E-state index in [9.17, 15) is 14.7 Å². The third-order valence-corrected chi connectivity index (χ3v) is 6.79. The standard InChI is InChI=1S/C30H27ClN2O6/c1-5-38-22-8-6-7-17(14-22)26-25(27(34)23-15-18-13-19(31)16-24(37-4)29(18)39-23)28(35)30(36)33(26)21-11-9-20(10-12-21)32(2)3/h6-16,26,35H,5H2,1-4H3. The minimum absolute atomic E-state index is 0.0596. The van der Waals surface area contributed by atoms with Crippen LogP contribution in [0.3, 0.4) is 0 Å². The number of Topliss-reactive ketones (excluding diaryl/α,β-unsaturated/α-hetero) is 1. The Hall–Kier alpha value is -4.43. The topological polar surface area (TPSA) is 92.4 Å². The quantitative estimate of drug-likeness (QED) is 0.258. The number of hydrogen-bond acceptors (Lipinski definition) is 7. The summed E-state index contributed by atoms with van der Waals surface area (Å²) in [5.41, 5.74) is 2.28. The first kappa shape index (κ1) is 26.2. The van der Waals surface area contributed by atoms with E-state index >= 15 is 0 Å². The molecule has 8 nitrogen and oxygen atoms in total. The van der Waals surface area contributed by atoms with Gasteiger partial charge in [0.2, 0.25) is 5.78 Å². The first-order valence-corrected chi connectivity index (χ1v) is 12.7. The molecule has 0 aliphatic carbocycles. The SMILES string of the molecule is CCOc1cccc(C2C(C(=O)c3cc4cc(Cl)cc(OC)c4o3)=C(O)C(=O)N2c2ccc(N(C)C)cc2)c1. The van der Waals surface area contributed by atoms with Crippen molar-refractivity contribution in [2.45, 2.75) is 13.0 Å². The van der Waals surface area contributed by atoms with Gasteiger partial charge in [0.15, 0.2) is 22.9 Å². The molecule has 2 heterocycles. The van der Waals surface area contributed by atoms with Crippen molar-refractivity contribution in [2.24, 2.45) is 0 Å². The second-order valence-electron chi connectivity index (χ2n) is 9.22. The normalized spacial score (nSPS) is 15.3. The number of ketones is 1. The number of halogens is 1. The molecule has 1 N–H and O–H groups in total. The van der Waals surface area contributed by atoms with Crippen LogP contribution in [-0.2, 0) is 4.79 Å². The average molecular weight is 547 g/mol. The van der Waals surface area contributed by atoms with Crippen LogP contribution in [0.2, 0.25) is 5.02 Å². The summed E-state index contributed by atoms with van der Waals surface area (Å²) in [6.45, 7) is 2.31. The van der Waals surface area contributed by atoms with Crippen molar-refractivity contribution in [2.75, 3.05) is 37.6 Å². The summed E-state index contributed by atoms with van der Waals surface area (Å²) in [7, 11) is 5.30. The Morgan fingerprint density at radius 3 is 2.51 bits per heavy atom. The number of anilines is 2. The number of amides is 1. The molecule has 0 spiro atoms. The lowest BCUT2D eigenvalue weighted by molar-refractivity contribution is -0.117. The Labute approximate surface area is 230 Å². The average Bonchev–Trinajstić information content (AvgIpc) is 3.47. The number of nitrogens with zero attached hydrogens (tertiary/aromatic N) is 2. The fourth-order valence-electron chi connectivity index (χ4n) is 4.75. The molecule has 0 bridgehead atoms. The van der Waals surface area contributed by atoms with Gasteiger partial charge in [-0.05, 0) is 61.0 Å². The van der Waals surface area contributed by atoms with E-state index in [2.05, 4.69) is 0 Å². The molecule has 1 aliphatic rings. The molecule has 4 aromatic rings. The maximum atomic E-state index is 14.0. The molecule has 1 unspecified atom stereocenters. The van der Waals surface area contributed by atoms with Gasteiger partial charge in [-0.3, -0.25) is 14.5 Å². The van der Waals surface area contributed by atoms with Crippen LogP contribution in [0.1, 0.15) is 29.1 Å². The first-order valence-electron chi connectivity index (χ1n) is 12.3. The molecule has 200 valence electrons. The molecule has 1 atom stereocenters. The lowest BCUT2D eigenvalue weighted by atomic mass is 9.94. The van der Waals surface area contributed by atoms with E-state index in [-0.39, 0.29) is 11.3 Å². The van der Waals surface area contributed by atoms with E-state index in [0.717, 1.165) is 5.69 Å². The number of rotatable bonds is 8. The van der Waals surface area contributed by atoms with Crippen molar-refractivity contribution in [3.8, 4) is 11.5 Å². The molecule has 0 radical (unpaired) electrons. The number of fused-ring (bicyclic) bond motifs is 1. The Morgan fingerprint density at radius 1 is 1.10 bits per heavy atom.